The lowest BCUT2D eigenvalue weighted by molar-refractivity contribution is 0.164. The first-order valence-electron chi connectivity index (χ1n) is 9.86. The zero-order chi connectivity index (χ0) is 19.3. The van der Waals surface area contributed by atoms with Crippen molar-refractivity contribution in [1.29, 1.82) is 0 Å². The molecule has 3 aromatic rings. The minimum Gasteiger partial charge on any atom is -0.492 e. The zero-order valence-electron chi connectivity index (χ0n) is 16.4. The van der Waals surface area contributed by atoms with Crippen molar-refractivity contribution in [2.45, 2.75) is 19.9 Å². The second-order valence-corrected chi connectivity index (χ2v) is 6.92. The molecule has 146 valence electrons. The smallest absolute Gasteiger partial charge is 0.244 e. The van der Waals surface area contributed by atoms with Gasteiger partial charge in [0.1, 0.15) is 5.75 Å². The summed E-state index contributed by atoms with van der Waals surface area (Å²) in [5.41, 5.74) is 2.14. The number of nitrogens with zero attached hydrogens (tertiary/aromatic N) is 4. The lowest BCUT2D eigenvalue weighted by Gasteiger charge is -2.38. The highest BCUT2D eigenvalue weighted by atomic mass is 16.5. The molecule has 1 saturated heterocycles. The number of hydrogen-bond donors (Lipinski definition) is 0. The highest BCUT2D eigenvalue weighted by molar-refractivity contribution is 5.58. The average Bonchev–Trinajstić information content (AvgIpc) is 3.25. The predicted molar refractivity (Wildman–Crippen MR) is 110 cm³/mol. The van der Waals surface area contributed by atoms with E-state index in [0.29, 0.717) is 18.3 Å². The topological polar surface area (TPSA) is 54.6 Å². The number of anilines is 1. The molecule has 6 heteroatoms. The summed E-state index contributed by atoms with van der Waals surface area (Å²) >= 11 is 0. The Kier molecular flexibility index (Phi) is 5.58. The summed E-state index contributed by atoms with van der Waals surface area (Å²) in [7, 11) is 0. The van der Waals surface area contributed by atoms with Gasteiger partial charge in [-0.3, -0.25) is 4.90 Å². The summed E-state index contributed by atoms with van der Waals surface area (Å²) in [6, 6.07) is 18.3. The fourth-order valence-corrected chi connectivity index (χ4v) is 3.61. The minimum absolute atomic E-state index is 0.0919. The average molecular weight is 378 g/mol. The minimum atomic E-state index is 0.0919. The van der Waals surface area contributed by atoms with E-state index >= 15 is 0 Å². The highest BCUT2D eigenvalue weighted by Gasteiger charge is 2.27. The number of rotatable bonds is 6. The molecule has 1 aromatic heterocycles. The van der Waals surface area contributed by atoms with Gasteiger partial charge in [0.2, 0.25) is 11.7 Å². The molecule has 1 aliphatic rings. The third-order valence-corrected chi connectivity index (χ3v) is 5.20. The molecule has 1 aliphatic heterocycles. The van der Waals surface area contributed by atoms with Gasteiger partial charge >= 0.3 is 0 Å². The van der Waals surface area contributed by atoms with E-state index in [1.165, 1.54) is 5.69 Å². The van der Waals surface area contributed by atoms with Gasteiger partial charge in [0.15, 0.2) is 0 Å². The molecule has 0 aliphatic carbocycles. The number of piperazine rings is 1. The summed E-state index contributed by atoms with van der Waals surface area (Å²) in [4.78, 5) is 9.40. The molecule has 0 radical (unpaired) electrons. The van der Waals surface area contributed by atoms with Crippen LogP contribution < -0.4 is 9.64 Å². The van der Waals surface area contributed by atoms with Gasteiger partial charge in [-0.05, 0) is 26.0 Å². The molecule has 1 unspecified atom stereocenters. The van der Waals surface area contributed by atoms with Gasteiger partial charge in [0, 0.05) is 31.7 Å². The van der Waals surface area contributed by atoms with Gasteiger partial charge in [-0.1, -0.05) is 47.6 Å². The zero-order valence-corrected chi connectivity index (χ0v) is 16.4. The predicted octanol–water partition coefficient (Wildman–Crippen LogP) is 4.02. The van der Waals surface area contributed by atoms with E-state index in [0.717, 1.165) is 37.5 Å². The largest absolute Gasteiger partial charge is 0.492 e. The van der Waals surface area contributed by atoms with Gasteiger partial charge < -0.3 is 14.2 Å². The van der Waals surface area contributed by atoms with Gasteiger partial charge in [-0.2, -0.15) is 4.98 Å². The Morgan fingerprint density at radius 3 is 2.46 bits per heavy atom. The number of hydrogen-bond acceptors (Lipinski definition) is 6. The fourth-order valence-electron chi connectivity index (χ4n) is 3.61. The van der Waals surface area contributed by atoms with Gasteiger partial charge in [-0.15, -0.1) is 0 Å². The summed E-state index contributed by atoms with van der Waals surface area (Å²) in [5.74, 6) is 2.27. The SMILES string of the molecule is CCOc1ccccc1N1CCN(C(C)c2nc(-c3ccccc3)no2)CC1. The molecule has 4 rings (SSSR count). The number of para-hydroxylation sites is 2. The molecule has 2 heterocycles. The third kappa shape index (κ3) is 3.87. The van der Waals surface area contributed by atoms with Crippen molar-refractivity contribution in [3.63, 3.8) is 0 Å². The van der Waals surface area contributed by atoms with Crippen molar-refractivity contribution in [3.8, 4) is 17.1 Å². The molecule has 0 saturated carbocycles. The molecule has 1 fully saturated rings. The van der Waals surface area contributed by atoms with E-state index in [9.17, 15) is 0 Å². The van der Waals surface area contributed by atoms with E-state index in [-0.39, 0.29) is 6.04 Å². The summed E-state index contributed by atoms with van der Waals surface area (Å²) in [5, 5.41) is 4.16. The van der Waals surface area contributed by atoms with Crippen LogP contribution in [0.2, 0.25) is 0 Å². The molecule has 28 heavy (non-hydrogen) atoms. The first kappa shape index (κ1) is 18.5. The third-order valence-electron chi connectivity index (χ3n) is 5.20. The maximum atomic E-state index is 5.79. The monoisotopic (exact) mass is 378 g/mol. The van der Waals surface area contributed by atoms with E-state index in [2.05, 4.69) is 39.0 Å². The highest BCUT2D eigenvalue weighted by Crippen LogP contribution is 2.30. The first-order chi connectivity index (χ1) is 13.8. The van der Waals surface area contributed by atoms with E-state index < -0.39 is 0 Å². The normalized spacial score (nSPS) is 16.1. The summed E-state index contributed by atoms with van der Waals surface area (Å²) < 4.78 is 11.4. The van der Waals surface area contributed by atoms with E-state index in [1.807, 2.05) is 49.4 Å². The Morgan fingerprint density at radius 1 is 1.00 bits per heavy atom. The molecule has 0 amide bonds. The van der Waals surface area contributed by atoms with Gasteiger partial charge in [0.05, 0.1) is 18.3 Å². The molecule has 0 bridgehead atoms. The summed E-state index contributed by atoms with van der Waals surface area (Å²) in [6.07, 6.45) is 0. The Labute approximate surface area is 165 Å². The van der Waals surface area contributed by atoms with Crippen LogP contribution in [0.15, 0.2) is 59.1 Å². The van der Waals surface area contributed by atoms with Gasteiger partial charge in [-0.25, -0.2) is 0 Å². The summed E-state index contributed by atoms with van der Waals surface area (Å²) in [6.45, 7) is 8.57. The second-order valence-electron chi connectivity index (χ2n) is 6.92. The lowest BCUT2D eigenvalue weighted by atomic mass is 10.2. The molecular weight excluding hydrogens is 352 g/mol. The lowest BCUT2D eigenvalue weighted by Crippen LogP contribution is -2.47. The fraction of sp³-hybridized carbons (Fsp3) is 0.364. The van der Waals surface area contributed by atoms with Crippen LogP contribution in [0.1, 0.15) is 25.8 Å². The number of aromatic nitrogens is 2. The Balaban J connectivity index is 1.41. The van der Waals surface area contributed by atoms with Crippen LogP contribution in [0.4, 0.5) is 5.69 Å². The molecule has 1 atom stereocenters. The van der Waals surface area contributed by atoms with Crippen LogP contribution in [-0.2, 0) is 0 Å². The maximum Gasteiger partial charge on any atom is 0.244 e. The van der Waals surface area contributed by atoms with Crippen LogP contribution in [0.3, 0.4) is 0 Å². The Hall–Kier alpha value is -2.86. The first-order valence-corrected chi connectivity index (χ1v) is 9.86. The molecule has 2 aromatic carbocycles. The van der Waals surface area contributed by atoms with Crippen molar-refractivity contribution in [3.05, 3.63) is 60.5 Å². The van der Waals surface area contributed by atoms with Crippen LogP contribution >= 0.6 is 0 Å². The van der Waals surface area contributed by atoms with Crippen LogP contribution in [0.25, 0.3) is 11.4 Å². The maximum absolute atomic E-state index is 5.79. The van der Waals surface area contributed by atoms with E-state index in [4.69, 9.17) is 9.26 Å². The standard InChI is InChI=1S/C22H26N4O2/c1-3-27-20-12-8-7-11-19(20)26-15-13-25(14-16-26)17(2)22-23-21(24-28-22)18-9-5-4-6-10-18/h4-12,17H,3,13-16H2,1-2H3. The van der Waals surface area contributed by atoms with Crippen LogP contribution in [0, 0.1) is 0 Å². The van der Waals surface area contributed by atoms with Crippen molar-refractivity contribution in [2.24, 2.45) is 0 Å². The Morgan fingerprint density at radius 2 is 1.71 bits per heavy atom. The molecule has 6 nitrogen and oxygen atoms in total. The number of ether oxygens (including phenoxy) is 1. The molecule has 0 spiro atoms. The Bertz CT molecular complexity index is 888. The quantitative estimate of drug-likeness (QED) is 0.646. The second kappa shape index (κ2) is 8.44. The van der Waals surface area contributed by atoms with Gasteiger partial charge in [0.25, 0.3) is 0 Å². The van der Waals surface area contributed by atoms with Crippen LogP contribution in [-0.4, -0.2) is 47.8 Å². The van der Waals surface area contributed by atoms with Crippen molar-refractivity contribution < 1.29 is 9.26 Å². The van der Waals surface area contributed by atoms with Crippen molar-refractivity contribution >= 4 is 5.69 Å². The molecular formula is C22H26N4O2. The van der Waals surface area contributed by atoms with Crippen LogP contribution in [0.5, 0.6) is 5.75 Å². The number of benzene rings is 2. The van der Waals surface area contributed by atoms with E-state index in [1.54, 1.807) is 0 Å². The van der Waals surface area contributed by atoms with Crippen molar-refractivity contribution in [1.82, 2.24) is 15.0 Å². The van der Waals surface area contributed by atoms with Crippen molar-refractivity contribution in [2.75, 3.05) is 37.7 Å². The molecule has 0 N–H and O–H groups in total.